The molecule has 0 bridgehead atoms. The van der Waals surface area contributed by atoms with Crippen LogP contribution in [0.15, 0.2) is 54.6 Å². The van der Waals surface area contributed by atoms with Crippen LogP contribution in [0.25, 0.3) is 16.9 Å². The summed E-state index contributed by atoms with van der Waals surface area (Å²) in [5, 5.41) is 0.313. The Morgan fingerprint density at radius 2 is 1.80 bits per heavy atom. The van der Waals surface area contributed by atoms with E-state index in [4.69, 9.17) is 26.1 Å². The van der Waals surface area contributed by atoms with Crippen LogP contribution < -0.4 is 14.4 Å². The van der Waals surface area contributed by atoms with Crippen LogP contribution in [-0.2, 0) is 0 Å². The van der Waals surface area contributed by atoms with Crippen molar-refractivity contribution in [2.75, 3.05) is 25.2 Å². The van der Waals surface area contributed by atoms with Crippen molar-refractivity contribution in [2.45, 2.75) is 6.92 Å². The Morgan fingerprint density at radius 3 is 2.60 bits per heavy atom. The number of ether oxygens (including phenoxy) is 2. The van der Waals surface area contributed by atoms with Crippen LogP contribution in [0.4, 0.5) is 15.9 Å². The Hall–Kier alpha value is -3.25. The molecule has 4 aromatic rings. The zero-order valence-electron chi connectivity index (χ0n) is 16.5. The van der Waals surface area contributed by atoms with E-state index in [1.165, 1.54) is 6.07 Å². The fourth-order valence-electron chi connectivity index (χ4n) is 3.80. The Balaban J connectivity index is 1.75. The molecule has 3 heterocycles. The molecule has 0 saturated heterocycles. The average molecular weight is 424 g/mol. The second-order valence-electron chi connectivity index (χ2n) is 7.13. The number of anilines is 2. The number of aromatic nitrogens is 2. The van der Waals surface area contributed by atoms with Crippen molar-refractivity contribution in [1.29, 1.82) is 0 Å². The number of benzene rings is 2. The molecule has 0 N–H and O–H groups in total. The fourth-order valence-corrected chi connectivity index (χ4v) is 4.05. The summed E-state index contributed by atoms with van der Waals surface area (Å²) in [6.45, 7) is 3.03. The first-order valence-corrected chi connectivity index (χ1v) is 9.98. The van der Waals surface area contributed by atoms with E-state index in [0.717, 1.165) is 11.4 Å². The first-order chi connectivity index (χ1) is 14.5. The molecule has 30 heavy (non-hydrogen) atoms. The number of hydrogen-bond acceptors (Lipinski definition) is 4. The van der Waals surface area contributed by atoms with Gasteiger partial charge in [0.1, 0.15) is 36.2 Å². The maximum atomic E-state index is 14.8. The van der Waals surface area contributed by atoms with Gasteiger partial charge in [0.05, 0.1) is 10.6 Å². The lowest BCUT2D eigenvalue weighted by molar-refractivity contribution is 0.171. The number of pyridine rings is 1. The standard InChI is InChI=1S/C23H19ClFN3O2/c1-14-5-3-8-20-26-22(21-16(24)6-4-7-17(21)25)23(28(14)20)27(2)15-9-10-18-19(13-15)30-12-11-29-18/h3-10,13H,11-12H2,1-2H3. The highest BCUT2D eigenvalue weighted by Crippen LogP contribution is 2.41. The van der Waals surface area contributed by atoms with Crippen molar-refractivity contribution in [2.24, 2.45) is 0 Å². The van der Waals surface area contributed by atoms with Gasteiger partial charge in [-0.1, -0.05) is 23.7 Å². The maximum absolute atomic E-state index is 14.8. The maximum Gasteiger partial charge on any atom is 0.163 e. The van der Waals surface area contributed by atoms with Gasteiger partial charge in [0.2, 0.25) is 0 Å². The van der Waals surface area contributed by atoms with Crippen molar-refractivity contribution in [3.8, 4) is 22.8 Å². The van der Waals surface area contributed by atoms with E-state index in [-0.39, 0.29) is 5.56 Å². The Labute approximate surface area is 178 Å². The molecule has 5 rings (SSSR count). The van der Waals surface area contributed by atoms with Gasteiger partial charge in [-0.3, -0.25) is 4.40 Å². The van der Waals surface area contributed by atoms with E-state index in [2.05, 4.69) is 0 Å². The number of rotatable bonds is 3. The zero-order valence-corrected chi connectivity index (χ0v) is 17.3. The summed E-state index contributed by atoms with van der Waals surface area (Å²) in [7, 11) is 1.92. The van der Waals surface area contributed by atoms with E-state index >= 15 is 0 Å². The summed E-state index contributed by atoms with van der Waals surface area (Å²) in [6, 6.07) is 16.2. The molecule has 0 fully saturated rings. The molecule has 0 aliphatic carbocycles. The summed E-state index contributed by atoms with van der Waals surface area (Å²) in [4.78, 5) is 6.70. The largest absolute Gasteiger partial charge is 0.486 e. The van der Waals surface area contributed by atoms with Gasteiger partial charge in [0.25, 0.3) is 0 Å². The average Bonchev–Trinajstić information content (AvgIpc) is 3.13. The van der Waals surface area contributed by atoms with Crippen LogP contribution in [0.3, 0.4) is 0 Å². The first kappa shape index (κ1) is 18.8. The highest BCUT2D eigenvalue weighted by molar-refractivity contribution is 6.33. The zero-order chi connectivity index (χ0) is 20.8. The highest BCUT2D eigenvalue weighted by atomic mass is 35.5. The highest BCUT2D eigenvalue weighted by Gasteiger charge is 2.24. The third kappa shape index (κ3) is 2.95. The second kappa shape index (κ2) is 7.22. The summed E-state index contributed by atoms with van der Waals surface area (Å²) >= 11 is 6.40. The molecule has 1 aliphatic heterocycles. The summed E-state index contributed by atoms with van der Waals surface area (Å²) in [5.41, 5.74) is 3.30. The summed E-state index contributed by atoms with van der Waals surface area (Å²) in [5.74, 6) is 1.69. The lowest BCUT2D eigenvalue weighted by Gasteiger charge is -2.24. The van der Waals surface area contributed by atoms with Crippen LogP contribution in [0, 0.1) is 12.7 Å². The molecule has 7 heteroatoms. The third-order valence-electron chi connectivity index (χ3n) is 5.24. The molecular formula is C23H19ClFN3O2. The minimum atomic E-state index is -0.416. The van der Waals surface area contributed by atoms with Gasteiger partial charge in [0.15, 0.2) is 11.5 Å². The Morgan fingerprint density at radius 1 is 1.03 bits per heavy atom. The van der Waals surface area contributed by atoms with Crippen molar-refractivity contribution in [1.82, 2.24) is 9.38 Å². The van der Waals surface area contributed by atoms with Crippen LogP contribution in [-0.4, -0.2) is 29.6 Å². The normalized spacial score (nSPS) is 12.9. The monoisotopic (exact) mass is 423 g/mol. The number of nitrogens with zero attached hydrogens (tertiary/aromatic N) is 3. The van der Waals surface area contributed by atoms with Crippen molar-refractivity contribution >= 4 is 28.8 Å². The third-order valence-corrected chi connectivity index (χ3v) is 5.56. The minimum absolute atomic E-state index is 0.279. The number of fused-ring (bicyclic) bond motifs is 2. The molecule has 0 radical (unpaired) electrons. The molecule has 0 atom stereocenters. The number of halogens is 2. The fraction of sp³-hybridized carbons (Fsp3) is 0.174. The summed E-state index contributed by atoms with van der Waals surface area (Å²) in [6.07, 6.45) is 0. The molecule has 1 aliphatic rings. The molecule has 0 amide bonds. The van der Waals surface area contributed by atoms with Gasteiger partial charge in [-0.2, -0.15) is 0 Å². The lowest BCUT2D eigenvalue weighted by atomic mass is 10.1. The van der Waals surface area contributed by atoms with Crippen LogP contribution in [0.1, 0.15) is 5.69 Å². The van der Waals surface area contributed by atoms with Crippen molar-refractivity contribution in [3.63, 3.8) is 0 Å². The number of hydrogen-bond donors (Lipinski definition) is 0. The second-order valence-corrected chi connectivity index (χ2v) is 7.54. The van der Waals surface area contributed by atoms with Crippen LogP contribution in [0.2, 0.25) is 5.02 Å². The lowest BCUT2D eigenvalue weighted by Crippen LogP contribution is -2.17. The van der Waals surface area contributed by atoms with Crippen LogP contribution >= 0.6 is 11.6 Å². The predicted octanol–water partition coefficient (Wildman–Crippen LogP) is 5.64. The SMILES string of the molecule is Cc1cccc2nc(-c3c(F)cccc3Cl)c(N(C)c3ccc4c(c3)OCCO4)n12. The van der Waals surface area contributed by atoms with E-state index in [1.54, 1.807) is 12.1 Å². The molecule has 0 unspecified atom stereocenters. The number of aryl methyl sites for hydroxylation is 1. The van der Waals surface area contributed by atoms with Crippen molar-refractivity contribution in [3.05, 3.63) is 71.1 Å². The van der Waals surface area contributed by atoms with E-state index in [0.29, 0.717) is 46.9 Å². The van der Waals surface area contributed by atoms with E-state index < -0.39 is 5.82 Å². The van der Waals surface area contributed by atoms with Gasteiger partial charge in [-0.25, -0.2) is 9.37 Å². The number of imidazole rings is 1. The molecule has 2 aromatic heterocycles. The molecule has 5 nitrogen and oxygen atoms in total. The molecular weight excluding hydrogens is 405 g/mol. The topological polar surface area (TPSA) is 39.0 Å². The Bertz CT molecular complexity index is 1250. The van der Waals surface area contributed by atoms with E-state index in [9.17, 15) is 4.39 Å². The molecule has 2 aromatic carbocycles. The molecule has 0 spiro atoms. The van der Waals surface area contributed by atoms with Gasteiger partial charge in [0, 0.05) is 24.5 Å². The summed E-state index contributed by atoms with van der Waals surface area (Å²) < 4.78 is 28.2. The quantitative estimate of drug-likeness (QED) is 0.427. The minimum Gasteiger partial charge on any atom is -0.486 e. The van der Waals surface area contributed by atoms with E-state index in [1.807, 2.05) is 59.7 Å². The predicted molar refractivity (Wildman–Crippen MR) is 116 cm³/mol. The first-order valence-electron chi connectivity index (χ1n) is 9.60. The Kier molecular flexibility index (Phi) is 4.51. The van der Waals surface area contributed by atoms with Gasteiger partial charge < -0.3 is 14.4 Å². The molecule has 152 valence electrons. The molecule has 0 saturated carbocycles. The van der Waals surface area contributed by atoms with Gasteiger partial charge >= 0.3 is 0 Å². The van der Waals surface area contributed by atoms with Gasteiger partial charge in [-0.15, -0.1) is 0 Å². The smallest absolute Gasteiger partial charge is 0.163 e. The van der Waals surface area contributed by atoms with Gasteiger partial charge in [-0.05, 0) is 43.3 Å². The van der Waals surface area contributed by atoms with Crippen LogP contribution in [0.5, 0.6) is 11.5 Å². The van der Waals surface area contributed by atoms with Crippen molar-refractivity contribution < 1.29 is 13.9 Å².